The molecule has 1 aromatic carbocycles. The third kappa shape index (κ3) is 2.55. The Bertz CT molecular complexity index is 782. The lowest BCUT2D eigenvalue weighted by atomic mass is 10.2. The molecule has 1 unspecified atom stereocenters. The molecule has 0 bridgehead atoms. The van der Waals surface area contributed by atoms with Gasteiger partial charge >= 0.3 is 5.97 Å². The highest BCUT2D eigenvalue weighted by Gasteiger charge is 2.48. The number of nitrogens with zero attached hydrogens (tertiary/aromatic N) is 2. The summed E-state index contributed by atoms with van der Waals surface area (Å²) in [4.78, 5) is 28.0. The van der Waals surface area contributed by atoms with Gasteiger partial charge in [-0.15, -0.1) is 0 Å². The van der Waals surface area contributed by atoms with Crippen molar-refractivity contribution in [3.05, 3.63) is 34.6 Å². The van der Waals surface area contributed by atoms with E-state index in [1.165, 1.54) is 0 Å². The average molecular weight is 304 g/mol. The Morgan fingerprint density at radius 2 is 2.14 bits per heavy atom. The largest absolute Gasteiger partial charge is 0.481 e. The summed E-state index contributed by atoms with van der Waals surface area (Å²) in [7, 11) is 0. The standard InChI is InChI=1S/C15H16N2O3S/c1-15(2)7-11(15)17-13(20)9-5-3-4-6-10(9)16-14(17)21-8-12(18)19/h3-6,11H,7-8H2,1-2H3,(H,18,19). The lowest BCUT2D eigenvalue weighted by Gasteiger charge is -2.14. The molecule has 1 heterocycles. The summed E-state index contributed by atoms with van der Waals surface area (Å²) < 4.78 is 1.68. The second-order valence-corrected chi connectivity index (χ2v) is 6.92. The number of aliphatic carboxylic acids is 1. The molecule has 2 aromatic rings. The number of carboxylic acids is 1. The number of hydrogen-bond donors (Lipinski definition) is 1. The topological polar surface area (TPSA) is 72.2 Å². The van der Waals surface area contributed by atoms with E-state index in [-0.39, 0.29) is 22.8 Å². The van der Waals surface area contributed by atoms with Gasteiger partial charge in [0.2, 0.25) is 0 Å². The number of benzene rings is 1. The Kier molecular flexibility index (Phi) is 3.28. The highest BCUT2D eigenvalue weighted by atomic mass is 32.2. The van der Waals surface area contributed by atoms with Crippen LogP contribution in [0.1, 0.15) is 26.3 Å². The first-order valence-electron chi connectivity index (χ1n) is 6.76. The predicted octanol–water partition coefficient (Wildman–Crippen LogP) is 2.54. The van der Waals surface area contributed by atoms with Crippen LogP contribution in [-0.4, -0.2) is 26.4 Å². The molecule has 0 aliphatic heterocycles. The fourth-order valence-corrected chi connectivity index (χ4v) is 3.27. The summed E-state index contributed by atoms with van der Waals surface area (Å²) in [5.41, 5.74) is 0.598. The van der Waals surface area contributed by atoms with E-state index in [1.807, 2.05) is 12.1 Å². The number of carboxylic acid groups (broad SMARTS) is 1. The van der Waals surface area contributed by atoms with Crippen LogP contribution in [0.15, 0.2) is 34.2 Å². The minimum absolute atomic E-state index is 0.0620. The fourth-order valence-electron chi connectivity index (χ4n) is 2.51. The third-order valence-corrected chi connectivity index (χ3v) is 4.81. The first-order chi connectivity index (χ1) is 9.90. The van der Waals surface area contributed by atoms with Crippen LogP contribution in [0.4, 0.5) is 0 Å². The molecular formula is C15H16N2O3S. The lowest BCUT2D eigenvalue weighted by Crippen LogP contribution is -2.24. The van der Waals surface area contributed by atoms with Gasteiger partial charge in [0.25, 0.3) is 5.56 Å². The molecule has 0 spiro atoms. The van der Waals surface area contributed by atoms with Crippen LogP contribution in [0.2, 0.25) is 0 Å². The zero-order valence-corrected chi connectivity index (χ0v) is 12.7. The van der Waals surface area contributed by atoms with Crippen LogP contribution in [0.3, 0.4) is 0 Å². The quantitative estimate of drug-likeness (QED) is 0.694. The smallest absolute Gasteiger partial charge is 0.313 e. The van der Waals surface area contributed by atoms with E-state index in [0.29, 0.717) is 16.1 Å². The molecule has 1 aliphatic carbocycles. The number of aromatic nitrogens is 2. The van der Waals surface area contributed by atoms with Crippen molar-refractivity contribution < 1.29 is 9.90 Å². The first-order valence-corrected chi connectivity index (χ1v) is 7.74. The van der Waals surface area contributed by atoms with E-state index in [1.54, 1.807) is 16.7 Å². The van der Waals surface area contributed by atoms with Crippen molar-refractivity contribution in [2.24, 2.45) is 5.41 Å². The van der Waals surface area contributed by atoms with Gasteiger partial charge in [0.1, 0.15) is 0 Å². The van der Waals surface area contributed by atoms with E-state index >= 15 is 0 Å². The number of para-hydroxylation sites is 1. The van der Waals surface area contributed by atoms with Crippen molar-refractivity contribution in [3.63, 3.8) is 0 Å². The van der Waals surface area contributed by atoms with Crippen molar-refractivity contribution in [2.45, 2.75) is 31.5 Å². The first kappa shape index (κ1) is 14.1. The maximum absolute atomic E-state index is 12.7. The Labute approximate surface area is 126 Å². The number of rotatable bonds is 4. The number of hydrogen-bond acceptors (Lipinski definition) is 4. The zero-order valence-electron chi connectivity index (χ0n) is 11.9. The number of carbonyl (C=O) groups is 1. The molecule has 3 rings (SSSR count). The molecule has 0 saturated heterocycles. The third-order valence-electron chi connectivity index (χ3n) is 3.87. The van der Waals surface area contributed by atoms with Gasteiger partial charge in [-0.3, -0.25) is 14.2 Å². The van der Waals surface area contributed by atoms with E-state index in [4.69, 9.17) is 5.11 Å². The zero-order chi connectivity index (χ0) is 15.2. The monoisotopic (exact) mass is 304 g/mol. The number of thioether (sulfide) groups is 1. The number of fused-ring (bicyclic) bond motifs is 1. The van der Waals surface area contributed by atoms with E-state index in [0.717, 1.165) is 18.2 Å². The molecule has 1 aliphatic rings. The van der Waals surface area contributed by atoms with Crippen LogP contribution in [0, 0.1) is 5.41 Å². The predicted molar refractivity (Wildman–Crippen MR) is 81.8 cm³/mol. The van der Waals surface area contributed by atoms with E-state index < -0.39 is 5.97 Å². The summed E-state index contributed by atoms with van der Waals surface area (Å²) in [6.07, 6.45) is 0.910. The lowest BCUT2D eigenvalue weighted by molar-refractivity contribution is -0.133. The molecule has 0 radical (unpaired) electrons. The second kappa shape index (κ2) is 4.87. The summed E-state index contributed by atoms with van der Waals surface area (Å²) in [5, 5.41) is 9.95. The van der Waals surface area contributed by atoms with E-state index in [2.05, 4.69) is 18.8 Å². The summed E-state index contributed by atoms with van der Waals surface area (Å²) in [6, 6.07) is 7.29. The Morgan fingerprint density at radius 1 is 1.48 bits per heavy atom. The van der Waals surface area contributed by atoms with Crippen molar-refractivity contribution >= 4 is 28.6 Å². The molecule has 1 fully saturated rings. The minimum atomic E-state index is -0.913. The van der Waals surface area contributed by atoms with Crippen LogP contribution < -0.4 is 5.56 Å². The normalized spacial score (nSPS) is 19.6. The summed E-state index contributed by atoms with van der Waals surface area (Å²) in [5.74, 6) is -1.01. The highest BCUT2D eigenvalue weighted by molar-refractivity contribution is 7.99. The van der Waals surface area contributed by atoms with Crippen LogP contribution in [0.25, 0.3) is 10.9 Å². The average Bonchev–Trinajstić information content (AvgIpc) is 3.05. The van der Waals surface area contributed by atoms with Gasteiger partial charge in [-0.25, -0.2) is 4.98 Å². The second-order valence-electron chi connectivity index (χ2n) is 5.98. The molecule has 5 nitrogen and oxygen atoms in total. The molecule has 1 atom stereocenters. The van der Waals surface area contributed by atoms with Crippen molar-refractivity contribution in [1.82, 2.24) is 9.55 Å². The maximum Gasteiger partial charge on any atom is 0.313 e. The highest BCUT2D eigenvalue weighted by Crippen LogP contribution is 2.55. The van der Waals surface area contributed by atoms with Gasteiger partial charge < -0.3 is 5.11 Å². The van der Waals surface area contributed by atoms with Crippen molar-refractivity contribution in [3.8, 4) is 0 Å². The summed E-state index contributed by atoms with van der Waals surface area (Å²) >= 11 is 1.11. The molecule has 6 heteroatoms. The van der Waals surface area contributed by atoms with Crippen molar-refractivity contribution in [1.29, 1.82) is 0 Å². The van der Waals surface area contributed by atoms with Gasteiger partial charge in [0.05, 0.1) is 16.7 Å². The Hall–Kier alpha value is -1.82. The van der Waals surface area contributed by atoms with Gasteiger partial charge in [-0.05, 0) is 24.0 Å². The Morgan fingerprint density at radius 3 is 2.76 bits per heavy atom. The van der Waals surface area contributed by atoms with Crippen molar-refractivity contribution in [2.75, 3.05) is 5.75 Å². The van der Waals surface area contributed by atoms with E-state index in [9.17, 15) is 9.59 Å². The van der Waals surface area contributed by atoms with Crippen LogP contribution in [-0.2, 0) is 4.79 Å². The van der Waals surface area contributed by atoms with Gasteiger partial charge in [-0.2, -0.15) is 0 Å². The minimum Gasteiger partial charge on any atom is -0.481 e. The SMILES string of the molecule is CC1(C)CC1n1c(SCC(=O)O)nc2ccccc2c1=O. The van der Waals surface area contributed by atoms with Gasteiger partial charge in [-0.1, -0.05) is 37.7 Å². The molecule has 1 saturated carbocycles. The Balaban J connectivity index is 2.16. The molecule has 0 amide bonds. The fraction of sp³-hybridized carbons (Fsp3) is 0.400. The van der Waals surface area contributed by atoms with Crippen LogP contribution >= 0.6 is 11.8 Å². The van der Waals surface area contributed by atoms with Crippen LogP contribution in [0.5, 0.6) is 0 Å². The summed E-state index contributed by atoms with van der Waals surface area (Å²) in [6.45, 7) is 4.20. The molecule has 110 valence electrons. The maximum atomic E-state index is 12.7. The van der Waals surface area contributed by atoms with Gasteiger partial charge in [0, 0.05) is 6.04 Å². The molecular weight excluding hydrogens is 288 g/mol. The molecule has 1 aromatic heterocycles. The van der Waals surface area contributed by atoms with Gasteiger partial charge in [0.15, 0.2) is 5.16 Å². The molecule has 1 N–H and O–H groups in total. The molecule has 21 heavy (non-hydrogen) atoms.